The first-order chi connectivity index (χ1) is 9.63. The van der Waals surface area contributed by atoms with E-state index in [1.165, 1.54) is 17.7 Å². The lowest BCUT2D eigenvalue weighted by Crippen LogP contribution is -2.41. The first-order valence-corrected chi connectivity index (χ1v) is 7.15. The Labute approximate surface area is 120 Å². The Bertz CT molecular complexity index is 443. The highest BCUT2D eigenvalue weighted by molar-refractivity contribution is 5.91. The van der Waals surface area contributed by atoms with Crippen LogP contribution in [0.5, 0.6) is 0 Å². The van der Waals surface area contributed by atoms with Gasteiger partial charge in [-0.15, -0.1) is 10.2 Å². The zero-order chi connectivity index (χ0) is 14.5. The summed E-state index contributed by atoms with van der Waals surface area (Å²) in [6.45, 7) is 1.67. The molecule has 1 amide bonds. The van der Waals surface area contributed by atoms with Crippen molar-refractivity contribution in [2.45, 2.75) is 31.7 Å². The van der Waals surface area contributed by atoms with Crippen LogP contribution >= 0.6 is 0 Å². The lowest BCUT2D eigenvalue weighted by atomic mass is 9.99. The summed E-state index contributed by atoms with van der Waals surface area (Å²) in [6, 6.07) is 4.08. The van der Waals surface area contributed by atoms with Crippen molar-refractivity contribution in [1.29, 1.82) is 0 Å². The monoisotopic (exact) mass is 277 g/mol. The van der Waals surface area contributed by atoms with E-state index in [0.717, 1.165) is 25.2 Å². The maximum Gasteiger partial charge on any atom is 0.273 e. The third-order valence-corrected chi connectivity index (χ3v) is 3.70. The van der Waals surface area contributed by atoms with Crippen molar-refractivity contribution in [2.75, 3.05) is 32.1 Å². The minimum atomic E-state index is -0.124. The fraction of sp³-hybridized carbons (Fsp3) is 0.643. The molecule has 20 heavy (non-hydrogen) atoms. The lowest BCUT2D eigenvalue weighted by molar-refractivity contribution is 0.0821. The van der Waals surface area contributed by atoms with Gasteiger partial charge in [0, 0.05) is 26.7 Å². The van der Waals surface area contributed by atoms with Gasteiger partial charge in [0.05, 0.1) is 0 Å². The van der Waals surface area contributed by atoms with Gasteiger partial charge < -0.3 is 15.5 Å². The molecule has 2 rings (SSSR count). The normalized spacial score (nSPS) is 18.9. The molecule has 1 aliphatic rings. The van der Waals surface area contributed by atoms with Gasteiger partial charge in [-0.25, -0.2) is 0 Å². The molecule has 110 valence electrons. The van der Waals surface area contributed by atoms with E-state index >= 15 is 0 Å². The number of hydrogen-bond acceptors (Lipinski definition) is 5. The molecule has 0 radical (unpaired) electrons. The summed E-state index contributed by atoms with van der Waals surface area (Å²) in [4.78, 5) is 15.6. The van der Waals surface area contributed by atoms with Crippen LogP contribution in [0.15, 0.2) is 12.1 Å². The summed E-state index contributed by atoms with van der Waals surface area (Å²) in [5, 5.41) is 8.28. The molecule has 1 aromatic rings. The Hall–Kier alpha value is -1.69. The topological polar surface area (TPSA) is 75.4 Å². The lowest BCUT2D eigenvalue weighted by Gasteiger charge is -2.36. The number of carbonyl (C=O) groups is 1. The molecule has 2 N–H and O–H groups in total. The summed E-state index contributed by atoms with van der Waals surface area (Å²) >= 11 is 0. The number of amides is 1. The van der Waals surface area contributed by atoms with Crippen molar-refractivity contribution in [1.82, 2.24) is 15.1 Å². The predicted molar refractivity (Wildman–Crippen MR) is 78.7 cm³/mol. The van der Waals surface area contributed by atoms with Crippen molar-refractivity contribution in [3.8, 4) is 0 Å². The molecule has 0 saturated carbocycles. The van der Waals surface area contributed by atoms with Gasteiger partial charge in [0.1, 0.15) is 0 Å². The van der Waals surface area contributed by atoms with Gasteiger partial charge in [-0.05, 0) is 44.4 Å². The quantitative estimate of drug-likeness (QED) is 0.884. The van der Waals surface area contributed by atoms with Crippen molar-refractivity contribution < 1.29 is 4.79 Å². The van der Waals surface area contributed by atoms with Crippen molar-refractivity contribution in [3.05, 3.63) is 17.8 Å². The van der Waals surface area contributed by atoms with Crippen LogP contribution in [0.1, 0.15) is 36.2 Å². The van der Waals surface area contributed by atoms with E-state index in [1.54, 1.807) is 20.2 Å². The van der Waals surface area contributed by atoms with Crippen LogP contribution in [0, 0.1) is 0 Å². The number of rotatable bonds is 4. The van der Waals surface area contributed by atoms with E-state index in [9.17, 15) is 4.79 Å². The molecule has 6 heteroatoms. The standard InChI is InChI=1S/C14H23N5O/c1-18(2)14(20)12-6-7-13(17-16-12)19-10-4-3-5-11(19)8-9-15/h6-7,11H,3-5,8-10,15H2,1-2H3. The van der Waals surface area contributed by atoms with Crippen molar-refractivity contribution >= 4 is 11.7 Å². The largest absolute Gasteiger partial charge is 0.352 e. The number of carbonyl (C=O) groups excluding carboxylic acids is 1. The van der Waals surface area contributed by atoms with Crippen LogP contribution in [0.3, 0.4) is 0 Å². The zero-order valence-corrected chi connectivity index (χ0v) is 12.2. The SMILES string of the molecule is CN(C)C(=O)c1ccc(N2CCCCC2CCN)nn1. The van der Waals surface area contributed by atoms with Crippen molar-refractivity contribution in [2.24, 2.45) is 5.73 Å². The Morgan fingerprint density at radius 1 is 1.40 bits per heavy atom. The van der Waals surface area contributed by atoms with E-state index in [1.807, 2.05) is 6.07 Å². The molecule has 1 aromatic heterocycles. The van der Waals surface area contributed by atoms with Gasteiger partial charge in [-0.3, -0.25) is 4.79 Å². The second-order valence-corrected chi connectivity index (χ2v) is 5.40. The second-order valence-electron chi connectivity index (χ2n) is 5.40. The van der Waals surface area contributed by atoms with E-state index in [4.69, 9.17) is 5.73 Å². The number of anilines is 1. The molecular weight excluding hydrogens is 254 g/mol. The van der Waals surface area contributed by atoms with Gasteiger partial charge in [0.2, 0.25) is 0 Å². The van der Waals surface area contributed by atoms with Gasteiger partial charge in [-0.1, -0.05) is 0 Å². The highest BCUT2D eigenvalue weighted by atomic mass is 16.2. The molecule has 1 aliphatic heterocycles. The molecule has 1 fully saturated rings. The van der Waals surface area contributed by atoms with Gasteiger partial charge in [0.15, 0.2) is 11.5 Å². The van der Waals surface area contributed by atoms with E-state index in [2.05, 4.69) is 15.1 Å². The van der Waals surface area contributed by atoms with Gasteiger partial charge >= 0.3 is 0 Å². The smallest absolute Gasteiger partial charge is 0.273 e. The minimum absolute atomic E-state index is 0.124. The number of hydrogen-bond donors (Lipinski definition) is 1. The van der Waals surface area contributed by atoms with E-state index in [-0.39, 0.29) is 5.91 Å². The van der Waals surface area contributed by atoms with E-state index in [0.29, 0.717) is 18.3 Å². The second kappa shape index (κ2) is 6.65. The summed E-state index contributed by atoms with van der Waals surface area (Å²) < 4.78 is 0. The third-order valence-electron chi connectivity index (χ3n) is 3.70. The average Bonchev–Trinajstić information content (AvgIpc) is 2.47. The molecular formula is C14H23N5O. The highest BCUT2D eigenvalue weighted by Gasteiger charge is 2.23. The van der Waals surface area contributed by atoms with Gasteiger partial charge in [-0.2, -0.15) is 0 Å². The summed E-state index contributed by atoms with van der Waals surface area (Å²) in [5.41, 5.74) is 6.06. The number of nitrogens with zero attached hydrogens (tertiary/aromatic N) is 4. The molecule has 1 atom stereocenters. The molecule has 0 aromatic carbocycles. The average molecular weight is 277 g/mol. The molecule has 0 spiro atoms. The van der Waals surface area contributed by atoms with Gasteiger partial charge in [0.25, 0.3) is 5.91 Å². The van der Waals surface area contributed by atoms with E-state index < -0.39 is 0 Å². The number of nitrogens with two attached hydrogens (primary N) is 1. The number of piperidine rings is 1. The van der Waals surface area contributed by atoms with Crippen LogP contribution in [-0.2, 0) is 0 Å². The maximum absolute atomic E-state index is 11.8. The first-order valence-electron chi connectivity index (χ1n) is 7.15. The Balaban J connectivity index is 2.13. The zero-order valence-electron chi connectivity index (χ0n) is 12.2. The molecule has 1 saturated heterocycles. The Morgan fingerprint density at radius 2 is 2.20 bits per heavy atom. The van der Waals surface area contributed by atoms with Crippen LogP contribution in [0.25, 0.3) is 0 Å². The summed E-state index contributed by atoms with van der Waals surface area (Å²) in [5.74, 6) is 0.722. The molecule has 1 unspecified atom stereocenters. The minimum Gasteiger partial charge on any atom is -0.352 e. The van der Waals surface area contributed by atoms with Crippen LogP contribution < -0.4 is 10.6 Å². The number of aromatic nitrogens is 2. The highest BCUT2D eigenvalue weighted by Crippen LogP contribution is 2.24. The summed E-state index contributed by atoms with van der Waals surface area (Å²) in [7, 11) is 3.42. The summed E-state index contributed by atoms with van der Waals surface area (Å²) in [6.07, 6.45) is 4.53. The fourth-order valence-electron chi connectivity index (χ4n) is 2.62. The van der Waals surface area contributed by atoms with Crippen LogP contribution in [0.4, 0.5) is 5.82 Å². The molecule has 0 bridgehead atoms. The first kappa shape index (κ1) is 14.7. The predicted octanol–water partition coefficient (Wildman–Crippen LogP) is 0.886. The third kappa shape index (κ3) is 3.25. The maximum atomic E-state index is 11.8. The molecule has 6 nitrogen and oxygen atoms in total. The van der Waals surface area contributed by atoms with Crippen LogP contribution in [0.2, 0.25) is 0 Å². The Kier molecular flexibility index (Phi) is 4.89. The Morgan fingerprint density at radius 3 is 2.80 bits per heavy atom. The van der Waals surface area contributed by atoms with Crippen molar-refractivity contribution in [3.63, 3.8) is 0 Å². The van der Waals surface area contributed by atoms with Crippen LogP contribution in [-0.4, -0.2) is 54.2 Å². The fourth-order valence-corrected chi connectivity index (χ4v) is 2.62. The molecule has 0 aliphatic carbocycles. The molecule has 2 heterocycles.